The van der Waals surface area contributed by atoms with Crippen LogP contribution in [0.2, 0.25) is 5.02 Å². The lowest BCUT2D eigenvalue weighted by Crippen LogP contribution is -2.25. The van der Waals surface area contributed by atoms with Crippen molar-refractivity contribution >= 4 is 38.8 Å². The van der Waals surface area contributed by atoms with Crippen LogP contribution in [0.15, 0.2) is 23.1 Å². The molecule has 0 fully saturated rings. The highest BCUT2D eigenvalue weighted by Gasteiger charge is 2.15. The van der Waals surface area contributed by atoms with Crippen molar-refractivity contribution in [2.45, 2.75) is 24.7 Å². The maximum absolute atomic E-state index is 11.9. The van der Waals surface area contributed by atoms with Crippen LogP contribution in [0.5, 0.6) is 0 Å². The number of rotatable bonds is 6. The molecule has 0 aliphatic rings. The fourth-order valence-electron chi connectivity index (χ4n) is 1.33. The Morgan fingerprint density at radius 2 is 2.17 bits per heavy atom. The molecule has 1 aromatic rings. The van der Waals surface area contributed by atoms with Gasteiger partial charge >= 0.3 is 0 Å². The minimum absolute atomic E-state index is 0.114. The summed E-state index contributed by atoms with van der Waals surface area (Å²) in [6.07, 6.45) is 1.71. The van der Waals surface area contributed by atoms with Gasteiger partial charge in [0.15, 0.2) is 0 Å². The van der Waals surface area contributed by atoms with E-state index < -0.39 is 10.0 Å². The summed E-state index contributed by atoms with van der Waals surface area (Å²) >= 11 is 10.7. The van der Waals surface area contributed by atoms with Crippen molar-refractivity contribution in [1.82, 2.24) is 4.72 Å². The molecule has 0 amide bonds. The van der Waals surface area contributed by atoms with Gasteiger partial charge in [0.05, 0.1) is 9.92 Å². The van der Waals surface area contributed by atoms with Crippen LogP contribution < -0.4 is 10.5 Å². The van der Waals surface area contributed by atoms with Crippen LogP contribution in [-0.2, 0) is 10.0 Å². The first kappa shape index (κ1) is 15.4. The van der Waals surface area contributed by atoms with Crippen LogP contribution in [0.1, 0.15) is 25.3 Å². The quantitative estimate of drug-likeness (QED) is 0.623. The van der Waals surface area contributed by atoms with E-state index in [2.05, 4.69) is 4.72 Å². The average Bonchev–Trinajstić information content (AvgIpc) is 2.28. The normalized spacial score (nSPS) is 11.4. The first-order chi connectivity index (χ1) is 8.38. The van der Waals surface area contributed by atoms with Crippen molar-refractivity contribution in [2.24, 2.45) is 5.73 Å². The van der Waals surface area contributed by atoms with Gasteiger partial charge in [-0.3, -0.25) is 0 Å². The summed E-state index contributed by atoms with van der Waals surface area (Å²) in [6, 6.07) is 4.30. The minimum atomic E-state index is -3.52. The molecule has 0 atom stereocenters. The van der Waals surface area contributed by atoms with Gasteiger partial charge in [-0.15, -0.1) is 0 Å². The minimum Gasteiger partial charge on any atom is -0.389 e. The Morgan fingerprint density at radius 3 is 2.67 bits per heavy atom. The van der Waals surface area contributed by atoms with Gasteiger partial charge in [0, 0.05) is 12.1 Å². The van der Waals surface area contributed by atoms with E-state index in [1.54, 1.807) is 0 Å². The highest BCUT2D eigenvalue weighted by molar-refractivity contribution is 7.89. The van der Waals surface area contributed by atoms with Crippen molar-refractivity contribution in [2.75, 3.05) is 6.54 Å². The Labute approximate surface area is 118 Å². The van der Waals surface area contributed by atoms with Crippen LogP contribution in [0.3, 0.4) is 0 Å². The molecule has 0 aromatic heterocycles. The number of unbranched alkanes of at least 4 members (excludes halogenated alkanes) is 1. The van der Waals surface area contributed by atoms with E-state index >= 15 is 0 Å². The fourth-order valence-corrected chi connectivity index (χ4v) is 3.01. The average molecular weight is 307 g/mol. The second-order valence-corrected chi connectivity index (χ2v) is 6.37. The molecule has 1 rings (SSSR count). The standard InChI is InChI=1S/C11H15ClN2O2S2/c1-2-3-6-14-18(15,16)8-4-5-9(11(13)17)10(12)7-8/h4-5,7,14H,2-3,6H2,1H3,(H2,13,17). The molecule has 0 bridgehead atoms. The third-order valence-corrected chi connectivity index (χ3v) is 4.33. The Hall–Kier alpha value is -0.690. The molecule has 0 unspecified atom stereocenters. The van der Waals surface area contributed by atoms with Crippen LogP contribution >= 0.6 is 23.8 Å². The van der Waals surface area contributed by atoms with E-state index in [1.807, 2.05) is 6.92 Å². The van der Waals surface area contributed by atoms with E-state index in [1.165, 1.54) is 18.2 Å². The Kier molecular flexibility index (Phi) is 5.52. The second-order valence-electron chi connectivity index (χ2n) is 3.76. The molecule has 0 heterocycles. The molecule has 1 aromatic carbocycles. The highest BCUT2D eigenvalue weighted by atomic mass is 35.5. The molecule has 0 saturated heterocycles. The number of nitrogens with one attached hydrogen (secondary N) is 1. The van der Waals surface area contributed by atoms with Gasteiger partial charge in [0.25, 0.3) is 0 Å². The molecule has 4 nitrogen and oxygen atoms in total. The number of hydrogen-bond donors (Lipinski definition) is 2. The summed E-state index contributed by atoms with van der Waals surface area (Å²) in [7, 11) is -3.52. The summed E-state index contributed by atoms with van der Waals surface area (Å²) in [4.78, 5) is 0.256. The zero-order chi connectivity index (χ0) is 13.8. The van der Waals surface area contributed by atoms with E-state index in [0.717, 1.165) is 12.8 Å². The van der Waals surface area contributed by atoms with Crippen LogP contribution in [0.4, 0.5) is 0 Å². The number of nitrogens with two attached hydrogens (primary N) is 1. The fraction of sp³-hybridized carbons (Fsp3) is 0.364. The van der Waals surface area contributed by atoms with Crippen molar-refractivity contribution in [3.63, 3.8) is 0 Å². The third kappa shape index (κ3) is 3.91. The van der Waals surface area contributed by atoms with E-state index in [9.17, 15) is 8.42 Å². The lowest BCUT2D eigenvalue weighted by Gasteiger charge is -2.08. The molecule has 0 aliphatic carbocycles. The Bertz CT molecular complexity index is 544. The van der Waals surface area contributed by atoms with E-state index in [0.29, 0.717) is 12.1 Å². The third-order valence-electron chi connectivity index (χ3n) is 2.34. The molecule has 7 heteroatoms. The molecular weight excluding hydrogens is 292 g/mol. The van der Waals surface area contributed by atoms with Crippen molar-refractivity contribution in [1.29, 1.82) is 0 Å². The molecular formula is C11H15ClN2O2S2. The van der Waals surface area contributed by atoms with Gasteiger partial charge in [-0.2, -0.15) is 0 Å². The Balaban J connectivity index is 2.97. The monoisotopic (exact) mass is 306 g/mol. The number of benzene rings is 1. The van der Waals surface area contributed by atoms with Gasteiger partial charge in [-0.05, 0) is 24.6 Å². The highest BCUT2D eigenvalue weighted by Crippen LogP contribution is 2.20. The summed E-state index contributed by atoms with van der Waals surface area (Å²) in [5.74, 6) is 0. The van der Waals surface area contributed by atoms with Crippen molar-refractivity contribution in [3.8, 4) is 0 Å². The largest absolute Gasteiger partial charge is 0.389 e. The molecule has 0 aliphatic heterocycles. The first-order valence-electron chi connectivity index (χ1n) is 5.47. The van der Waals surface area contributed by atoms with Crippen LogP contribution in [-0.4, -0.2) is 20.0 Å². The maximum atomic E-state index is 11.9. The van der Waals surface area contributed by atoms with Gasteiger partial charge in [0.1, 0.15) is 4.99 Å². The van der Waals surface area contributed by atoms with Gasteiger partial charge in [0.2, 0.25) is 10.0 Å². The maximum Gasteiger partial charge on any atom is 0.240 e. The number of halogens is 1. The van der Waals surface area contributed by atoms with Crippen molar-refractivity contribution in [3.05, 3.63) is 28.8 Å². The molecule has 0 saturated carbocycles. The molecule has 0 spiro atoms. The summed E-state index contributed by atoms with van der Waals surface area (Å²) < 4.78 is 26.3. The predicted molar refractivity (Wildman–Crippen MR) is 77.4 cm³/mol. The number of sulfonamides is 1. The van der Waals surface area contributed by atoms with Crippen LogP contribution in [0, 0.1) is 0 Å². The van der Waals surface area contributed by atoms with Gasteiger partial charge in [-0.25, -0.2) is 13.1 Å². The number of hydrogen-bond acceptors (Lipinski definition) is 3. The summed E-state index contributed by atoms with van der Waals surface area (Å²) in [5.41, 5.74) is 5.93. The zero-order valence-electron chi connectivity index (χ0n) is 9.94. The van der Waals surface area contributed by atoms with E-state index in [4.69, 9.17) is 29.6 Å². The zero-order valence-corrected chi connectivity index (χ0v) is 12.3. The lowest BCUT2D eigenvalue weighted by atomic mass is 10.2. The molecule has 3 N–H and O–H groups in total. The van der Waals surface area contributed by atoms with Crippen LogP contribution in [0.25, 0.3) is 0 Å². The van der Waals surface area contributed by atoms with E-state index in [-0.39, 0.29) is 14.9 Å². The smallest absolute Gasteiger partial charge is 0.240 e. The summed E-state index contributed by atoms with van der Waals surface area (Å²) in [6.45, 7) is 2.40. The lowest BCUT2D eigenvalue weighted by molar-refractivity contribution is 0.578. The molecule has 0 radical (unpaired) electrons. The molecule has 100 valence electrons. The van der Waals surface area contributed by atoms with Gasteiger partial charge < -0.3 is 5.73 Å². The number of thiocarbonyl (C=S) groups is 1. The first-order valence-corrected chi connectivity index (χ1v) is 7.74. The predicted octanol–water partition coefficient (Wildman–Crippen LogP) is 2.05. The molecule has 18 heavy (non-hydrogen) atoms. The Morgan fingerprint density at radius 1 is 1.50 bits per heavy atom. The van der Waals surface area contributed by atoms with Gasteiger partial charge in [-0.1, -0.05) is 37.2 Å². The second kappa shape index (κ2) is 6.47. The van der Waals surface area contributed by atoms with Crippen molar-refractivity contribution < 1.29 is 8.42 Å². The SMILES string of the molecule is CCCCNS(=O)(=O)c1ccc(C(N)=S)c(Cl)c1. The topological polar surface area (TPSA) is 72.2 Å². The summed E-state index contributed by atoms with van der Waals surface area (Å²) in [5, 5.41) is 0.237.